The van der Waals surface area contributed by atoms with Crippen LogP contribution in [0, 0.1) is 0 Å². The number of fused-ring (bicyclic) bond motifs is 1. The summed E-state index contributed by atoms with van der Waals surface area (Å²) in [6, 6.07) is 1.91. The van der Waals surface area contributed by atoms with Crippen molar-refractivity contribution in [3.8, 4) is 0 Å². The first-order valence-corrected chi connectivity index (χ1v) is 4.95. The molecule has 0 radical (unpaired) electrons. The number of pyridine rings is 1. The number of hydrogen-bond donors (Lipinski definition) is 0. The van der Waals surface area contributed by atoms with Crippen LogP contribution in [-0.4, -0.2) is 14.8 Å². The molecule has 2 aromatic heterocycles. The van der Waals surface area contributed by atoms with Crippen molar-refractivity contribution in [1.29, 1.82) is 0 Å². The minimum atomic E-state index is 0.374. The third-order valence-electron chi connectivity index (χ3n) is 2.17. The van der Waals surface area contributed by atoms with Crippen LogP contribution < -0.4 is 0 Å². The lowest BCUT2D eigenvalue weighted by atomic mass is 10.1. The molecule has 0 saturated carbocycles. The Morgan fingerprint density at radius 2 is 2.14 bits per heavy atom. The maximum Gasteiger partial charge on any atom is 0.182 e. The maximum atomic E-state index is 6.13. The summed E-state index contributed by atoms with van der Waals surface area (Å²) in [4.78, 5) is 4.44. The molecule has 0 amide bonds. The number of aromatic nitrogens is 3. The minimum absolute atomic E-state index is 0.374. The molecule has 0 bridgehead atoms. The quantitative estimate of drug-likeness (QED) is 0.723. The fourth-order valence-electron chi connectivity index (χ4n) is 1.39. The van der Waals surface area contributed by atoms with Gasteiger partial charge in [-0.15, -0.1) is 0 Å². The molecule has 0 saturated heterocycles. The van der Waals surface area contributed by atoms with Crippen molar-refractivity contribution in [2.45, 2.75) is 19.8 Å². The predicted octanol–water partition coefficient (Wildman–Crippen LogP) is 2.75. The summed E-state index contributed by atoms with van der Waals surface area (Å²) in [5.74, 6) is 0.374. The molecule has 0 aliphatic carbocycles. The highest BCUT2D eigenvalue weighted by molar-refractivity contribution is 6.35. The van der Waals surface area contributed by atoms with Crippen LogP contribution in [0.3, 0.4) is 0 Å². The molecule has 0 aromatic carbocycles. The standard InChI is InChI=1S/C10H12ClN3/c1-6(2)9-4-8(11)7-5-14(3)13-10(7)12-9/h4-6H,1-3H3. The van der Waals surface area contributed by atoms with Crippen LogP contribution in [0.25, 0.3) is 11.0 Å². The number of hydrogen-bond acceptors (Lipinski definition) is 2. The molecule has 0 spiro atoms. The minimum Gasteiger partial charge on any atom is -0.273 e. The smallest absolute Gasteiger partial charge is 0.182 e. The highest BCUT2D eigenvalue weighted by Gasteiger charge is 2.09. The van der Waals surface area contributed by atoms with E-state index in [-0.39, 0.29) is 0 Å². The van der Waals surface area contributed by atoms with Gasteiger partial charge in [-0.1, -0.05) is 25.4 Å². The number of halogens is 1. The molecule has 0 N–H and O–H groups in total. The van der Waals surface area contributed by atoms with E-state index in [1.165, 1.54) is 0 Å². The summed E-state index contributed by atoms with van der Waals surface area (Å²) in [5.41, 5.74) is 1.71. The Kier molecular flexibility index (Phi) is 2.19. The Hall–Kier alpha value is -1.09. The van der Waals surface area contributed by atoms with Crippen LogP contribution in [0.2, 0.25) is 5.02 Å². The SMILES string of the molecule is CC(C)c1cc(Cl)c2cn(C)nc2n1. The number of nitrogens with zero attached hydrogens (tertiary/aromatic N) is 3. The van der Waals surface area contributed by atoms with Gasteiger partial charge >= 0.3 is 0 Å². The first kappa shape index (κ1) is 9.46. The van der Waals surface area contributed by atoms with E-state index in [9.17, 15) is 0 Å². The van der Waals surface area contributed by atoms with E-state index >= 15 is 0 Å². The third kappa shape index (κ3) is 1.48. The summed E-state index contributed by atoms with van der Waals surface area (Å²) < 4.78 is 1.73. The van der Waals surface area contributed by atoms with Crippen LogP contribution in [0.15, 0.2) is 12.3 Å². The highest BCUT2D eigenvalue weighted by atomic mass is 35.5. The van der Waals surface area contributed by atoms with E-state index in [0.29, 0.717) is 5.92 Å². The Balaban J connectivity index is 2.71. The van der Waals surface area contributed by atoms with Gasteiger partial charge in [0.05, 0.1) is 10.4 Å². The topological polar surface area (TPSA) is 30.7 Å². The molecular formula is C10H12ClN3. The van der Waals surface area contributed by atoms with Crippen molar-refractivity contribution in [3.05, 3.63) is 23.0 Å². The van der Waals surface area contributed by atoms with Gasteiger partial charge < -0.3 is 0 Å². The van der Waals surface area contributed by atoms with E-state index in [1.807, 2.05) is 19.3 Å². The summed E-state index contributed by atoms with van der Waals surface area (Å²) >= 11 is 6.13. The summed E-state index contributed by atoms with van der Waals surface area (Å²) in [7, 11) is 1.87. The zero-order valence-corrected chi connectivity index (χ0v) is 9.21. The van der Waals surface area contributed by atoms with Crippen LogP contribution in [-0.2, 0) is 7.05 Å². The normalized spacial score (nSPS) is 11.5. The molecule has 0 aliphatic heterocycles. The molecule has 0 unspecified atom stereocenters. The summed E-state index contributed by atoms with van der Waals surface area (Å²) in [6.07, 6.45) is 1.88. The summed E-state index contributed by atoms with van der Waals surface area (Å²) in [6.45, 7) is 4.18. The molecule has 2 heterocycles. The van der Waals surface area contributed by atoms with Crippen molar-refractivity contribution in [1.82, 2.24) is 14.8 Å². The van der Waals surface area contributed by atoms with Gasteiger partial charge in [0.25, 0.3) is 0 Å². The van der Waals surface area contributed by atoms with Gasteiger partial charge in [0.1, 0.15) is 0 Å². The molecule has 74 valence electrons. The highest BCUT2D eigenvalue weighted by Crippen LogP contribution is 2.24. The van der Waals surface area contributed by atoms with E-state index in [4.69, 9.17) is 11.6 Å². The maximum absolute atomic E-state index is 6.13. The van der Waals surface area contributed by atoms with Gasteiger partial charge in [-0.3, -0.25) is 4.68 Å². The zero-order valence-electron chi connectivity index (χ0n) is 8.45. The monoisotopic (exact) mass is 209 g/mol. The van der Waals surface area contributed by atoms with Gasteiger partial charge in [-0.05, 0) is 12.0 Å². The van der Waals surface area contributed by atoms with E-state index < -0.39 is 0 Å². The molecule has 14 heavy (non-hydrogen) atoms. The second-order valence-corrected chi connectivity index (χ2v) is 4.13. The number of aryl methyl sites for hydroxylation is 1. The van der Waals surface area contributed by atoms with Crippen molar-refractivity contribution in [3.63, 3.8) is 0 Å². The Morgan fingerprint density at radius 3 is 2.79 bits per heavy atom. The van der Waals surface area contributed by atoms with E-state index in [0.717, 1.165) is 21.7 Å². The average Bonchev–Trinajstić information content (AvgIpc) is 2.45. The van der Waals surface area contributed by atoms with Gasteiger partial charge in [0.2, 0.25) is 0 Å². The van der Waals surface area contributed by atoms with Crippen molar-refractivity contribution < 1.29 is 0 Å². The summed E-state index contributed by atoms with van der Waals surface area (Å²) in [5, 5.41) is 5.88. The average molecular weight is 210 g/mol. The first-order chi connectivity index (χ1) is 6.58. The second-order valence-electron chi connectivity index (χ2n) is 3.72. The number of rotatable bonds is 1. The van der Waals surface area contributed by atoms with Crippen LogP contribution >= 0.6 is 11.6 Å². The molecule has 2 aromatic rings. The lowest BCUT2D eigenvalue weighted by Crippen LogP contribution is -1.93. The second kappa shape index (κ2) is 3.24. The largest absolute Gasteiger partial charge is 0.273 e. The van der Waals surface area contributed by atoms with Crippen LogP contribution in [0.1, 0.15) is 25.5 Å². The Morgan fingerprint density at radius 1 is 1.43 bits per heavy atom. The van der Waals surface area contributed by atoms with Gasteiger partial charge in [0.15, 0.2) is 5.65 Å². The fraction of sp³-hybridized carbons (Fsp3) is 0.400. The lowest BCUT2D eigenvalue weighted by molar-refractivity contribution is 0.770. The molecule has 3 nitrogen and oxygen atoms in total. The fourth-order valence-corrected chi connectivity index (χ4v) is 1.63. The van der Waals surface area contributed by atoms with Gasteiger partial charge in [-0.25, -0.2) is 4.98 Å². The molecular weight excluding hydrogens is 198 g/mol. The molecule has 0 aliphatic rings. The first-order valence-electron chi connectivity index (χ1n) is 4.57. The molecule has 0 fully saturated rings. The zero-order chi connectivity index (χ0) is 10.3. The third-order valence-corrected chi connectivity index (χ3v) is 2.48. The van der Waals surface area contributed by atoms with Gasteiger partial charge in [0, 0.05) is 18.9 Å². The Bertz CT molecular complexity index is 473. The van der Waals surface area contributed by atoms with Crippen LogP contribution in [0.5, 0.6) is 0 Å². The molecule has 4 heteroatoms. The molecule has 0 atom stereocenters. The van der Waals surface area contributed by atoms with E-state index in [1.54, 1.807) is 4.68 Å². The predicted molar refractivity (Wildman–Crippen MR) is 57.6 cm³/mol. The van der Waals surface area contributed by atoms with Gasteiger partial charge in [-0.2, -0.15) is 5.10 Å². The van der Waals surface area contributed by atoms with E-state index in [2.05, 4.69) is 23.9 Å². The van der Waals surface area contributed by atoms with Crippen LogP contribution in [0.4, 0.5) is 0 Å². The Labute approximate surface area is 87.7 Å². The van der Waals surface area contributed by atoms with Crippen molar-refractivity contribution in [2.24, 2.45) is 7.05 Å². The van der Waals surface area contributed by atoms with Crippen molar-refractivity contribution in [2.75, 3.05) is 0 Å². The molecule has 2 rings (SSSR count). The lowest BCUT2D eigenvalue weighted by Gasteiger charge is -2.03. The van der Waals surface area contributed by atoms with Crippen molar-refractivity contribution >= 4 is 22.6 Å².